The molecule has 38 heavy (non-hydrogen) atoms. The third kappa shape index (κ3) is 8.62. The van der Waals surface area contributed by atoms with Crippen molar-refractivity contribution in [3.8, 4) is 10.4 Å². The minimum absolute atomic E-state index is 0.125. The quantitative estimate of drug-likeness (QED) is 0.241. The summed E-state index contributed by atoms with van der Waals surface area (Å²) < 4.78 is 40.4. The summed E-state index contributed by atoms with van der Waals surface area (Å²) in [5.74, 6) is -1.02. The Bertz CT molecular complexity index is 1350. The first kappa shape index (κ1) is 29.8. The lowest BCUT2D eigenvalue weighted by atomic mass is 10.0. The number of nitrogens with one attached hydrogen (secondary N) is 3. The number of hydrogen-bond acceptors (Lipinski definition) is 5. The molecule has 0 bridgehead atoms. The smallest absolute Gasteiger partial charge is 0.262 e. The van der Waals surface area contributed by atoms with Crippen LogP contribution in [0.2, 0.25) is 5.02 Å². The van der Waals surface area contributed by atoms with Gasteiger partial charge in [0.2, 0.25) is 15.9 Å². The molecule has 0 fully saturated rings. The Kier molecular flexibility index (Phi) is 10.8. The number of hydrogen-bond donors (Lipinski definition) is 3. The molecule has 204 valence electrons. The zero-order valence-electron chi connectivity index (χ0n) is 21.2. The van der Waals surface area contributed by atoms with Crippen molar-refractivity contribution in [2.75, 3.05) is 13.1 Å². The summed E-state index contributed by atoms with van der Waals surface area (Å²) in [5.41, 5.74) is 1.02. The van der Waals surface area contributed by atoms with Gasteiger partial charge in [-0.1, -0.05) is 55.8 Å². The second-order valence-electron chi connectivity index (χ2n) is 9.16. The van der Waals surface area contributed by atoms with Crippen LogP contribution < -0.4 is 15.4 Å². The van der Waals surface area contributed by atoms with Crippen molar-refractivity contribution >= 4 is 44.8 Å². The number of carbonyl (C=O) groups excluding carboxylic acids is 2. The second kappa shape index (κ2) is 13.8. The predicted octanol–water partition coefficient (Wildman–Crippen LogP) is 5.23. The number of unbranched alkanes of at least 4 members (excludes halogenated alkanes) is 1. The maximum Gasteiger partial charge on any atom is 0.262 e. The number of halogens is 2. The summed E-state index contributed by atoms with van der Waals surface area (Å²) in [6.45, 7) is 4.40. The van der Waals surface area contributed by atoms with Crippen LogP contribution >= 0.6 is 22.9 Å². The Hall–Kier alpha value is -2.79. The normalized spacial score (nSPS) is 12.3. The molecule has 0 aliphatic heterocycles. The first-order valence-corrected chi connectivity index (χ1v) is 14.9. The van der Waals surface area contributed by atoms with E-state index >= 15 is 0 Å². The van der Waals surface area contributed by atoms with E-state index < -0.39 is 21.9 Å². The molecule has 1 heterocycles. The van der Waals surface area contributed by atoms with Gasteiger partial charge in [0.1, 0.15) is 16.8 Å². The zero-order valence-corrected chi connectivity index (χ0v) is 23.6. The molecular formula is C27H31ClFN3O4S2. The molecule has 3 rings (SSSR count). The van der Waals surface area contributed by atoms with E-state index in [-0.39, 0.29) is 34.2 Å². The van der Waals surface area contributed by atoms with Gasteiger partial charge in [0.05, 0.1) is 9.90 Å². The van der Waals surface area contributed by atoms with Gasteiger partial charge in [0.25, 0.3) is 5.91 Å². The van der Waals surface area contributed by atoms with Gasteiger partial charge < -0.3 is 10.6 Å². The summed E-state index contributed by atoms with van der Waals surface area (Å²) in [4.78, 5) is 27.0. The van der Waals surface area contributed by atoms with Crippen molar-refractivity contribution in [2.24, 2.45) is 5.92 Å². The van der Waals surface area contributed by atoms with Gasteiger partial charge in [-0.2, -0.15) is 0 Å². The average Bonchev–Trinajstić information content (AvgIpc) is 3.36. The van der Waals surface area contributed by atoms with E-state index in [1.165, 1.54) is 11.3 Å². The fourth-order valence-corrected chi connectivity index (χ4v) is 6.23. The fraction of sp³-hybridized carbons (Fsp3) is 0.333. The highest BCUT2D eigenvalue weighted by Crippen LogP contribution is 2.28. The van der Waals surface area contributed by atoms with E-state index in [1.54, 1.807) is 6.07 Å². The largest absolute Gasteiger partial charge is 0.354 e. The van der Waals surface area contributed by atoms with Crippen molar-refractivity contribution in [1.82, 2.24) is 15.4 Å². The molecule has 1 aromatic heterocycles. The van der Waals surface area contributed by atoms with Crippen LogP contribution in [0, 0.1) is 11.7 Å². The standard InChI is InChI=1S/C27H31ClFN3O4S2/c1-18(2)16-22(32-27(34)24-12-11-23(37-24)19-8-4-3-5-9-19)26(33)30-14-6-7-15-31-38(35,36)25-13-10-20(29)17-21(25)28/h3-5,8-13,17-18,22,31H,6-7,14-16H2,1-2H3,(H,30,33)(H,32,34)/t22-/m0/s1. The summed E-state index contributed by atoms with van der Waals surface area (Å²) in [5, 5.41) is 5.49. The molecule has 0 radical (unpaired) electrons. The molecule has 0 aliphatic carbocycles. The van der Waals surface area contributed by atoms with Crippen LogP contribution in [0.25, 0.3) is 10.4 Å². The molecule has 11 heteroatoms. The van der Waals surface area contributed by atoms with E-state index in [4.69, 9.17) is 11.6 Å². The Labute approximate surface area is 231 Å². The van der Waals surface area contributed by atoms with E-state index in [2.05, 4.69) is 15.4 Å². The maximum atomic E-state index is 13.2. The molecular weight excluding hydrogens is 549 g/mol. The lowest BCUT2D eigenvalue weighted by Crippen LogP contribution is -2.47. The van der Waals surface area contributed by atoms with Crippen LogP contribution in [0.3, 0.4) is 0 Å². The topological polar surface area (TPSA) is 104 Å². The van der Waals surface area contributed by atoms with Gasteiger partial charge in [-0.15, -0.1) is 11.3 Å². The van der Waals surface area contributed by atoms with E-state index in [9.17, 15) is 22.4 Å². The van der Waals surface area contributed by atoms with Crippen LogP contribution in [0.4, 0.5) is 4.39 Å². The van der Waals surface area contributed by atoms with Crippen molar-refractivity contribution < 1.29 is 22.4 Å². The van der Waals surface area contributed by atoms with Crippen LogP contribution in [-0.4, -0.2) is 39.4 Å². The summed E-state index contributed by atoms with van der Waals surface area (Å²) in [6, 6.07) is 15.8. The highest BCUT2D eigenvalue weighted by atomic mass is 35.5. The molecule has 0 saturated carbocycles. The summed E-state index contributed by atoms with van der Waals surface area (Å²) in [6.07, 6.45) is 1.45. The third-order valence-electron chi connectivity index (χ3n) is 5.60. The number of sulfonamides is 1. The zero-order chi connectivity index (χ0) is 27.7. The van der Waals surface area contributed by atoms with Gasteiger partial charge in [0.15, 0.2) is 0 Å². The number of rotatable bonds is 13. The van der Waals surface area contributed by atoms with Crippen molar-refractivity contribution in [3.05, 3.63) is 76.4 Å². The molecule has 0 saturated heterocycles. The van der Waals surface area contributed by atoms with Crippen molar-refractivity contribution in [1.29, 1.82) is 0 Å². The number of thiophene rings is 1. The van der Waals surface area contributed by atoms with E-state index in [1.807, 2.05) is 50.2 Å². The van der Waals surface area contributed by atoms with Crippen LogP contribution in [0.15, 0.2) is 65.6 Å². The maximum absolute atomic E-state index is 13.2. The number of amides is 2. The van der Waals surface area contributed by atoms with Gasteiger partial charge in [0, 0.05) is 18.0 Å². The summed E-state index contributed by atoms with van der Waals surface area (Å²) >= 11 is 7.21. The number of benzene rings is 2. The Morgan fingerprint density at radius 1 is 1.00 bits per heavy atom. The Balaban J connectivity index is 1.47. The number of carbonyl (C=O) groups is 2. The van der Waals surface area contributed by atoms with Gasteiger partial charge in [-0.25, -0.2) is 17.5 Å². The SMILES string of the molecule is CC(C)C[C@H](NC(=O)c1ccc(-c2ccccc2)s1)C(=O)NCCCCNS(=O)(=O)c1ccc(F)cc1Cl. The van der Waals surface area contributed by atoms with Crippen molar-refractivity contribution in [3.63, 3.8) is 0 Å². The van der Waals surface area contributed by atoms with Gasteiger partial charge in [-0.3, -0.25) is 9.59 Å². The monoisotopic (exact) mass is 579 g/mol. The highest BCUT2D eigenvalue weighted by Gasteiger charge is 2.23. The highest BCUT2D eigenvalue weighted by molar-refractivity contribution is 7.89. The van der Waals surface area contributed by atoms with E-state index in [0.29, 0.717) is 30.7 Å². The first-order valence-electron chi connectivity index (χ1n) is 12.3. The Morgan fingerprint density at radius 3 is 2.39 bits per heavy atom. The van der Waals surface area contributed by atoms with Crippen LogP contribution in [0.5, 0.6) is 0 Å². The Morgan fingerprint density at radius 2 is 1.71 bits per heavy atom. The molecule has 3 N–H and O–H groups in total. The third-order valence-corrected chi connectivity index (χ3v) is 8.67. The van der Waals surface area contributed by atoms with Gasteiger partial charge in [-0.05, 0) is 61.1 Å². The van der Waals surface area contributed by atoms with Gasteiger partial charge >= 0.3 is 0 Å². The van der Waals surface area contributed by atoms with Crippen LogP contribution in [0.1, 0.15) is 42.8 Å². The molecule has 0 spiro atoms. The lowest BCUT2D eigenvalue weighted by molar-refractivity contribution is -0.123. The molecule has 0 unspecified atom stereocenters. The minimum atomic E-state index is -3.88. The lowest BCUT2D eigenvalue weighted by Gasteiger charge is -2.20. The fourth-order valence-electron chi connectivity index (χ4n) is 3.71. The molecule has 1 atom stereocenters. The second-order valence-corrected chi connectivity index (χ2v) is 12.4. The molecule has 2 aromatic carbocycles. The molecule has 2 amide bonds. The predicted molar refractivity (Wildman–Crippen MR) is 149 cm³/mol. The van der Waals surface area contributed by atoms with E-state index in [0.717, 1.165) is 28.6 Å². The van der Waals surface area contributed by atoms with Crippen molar-refractivity contribution in [2.45, 2.75) is 44.0 Å². The molecule has 0 aliphatic rings. The minimum Gasteiger partial charge on any atom is -0.354 e. The van der Waals surface area contributed by atoms with Crippen LogP contribution in [-0.2, 0) is 14.8 Å². The average molecular weight is 580 g/mol. The molecule has 3 aromatic rings. The first-order chi connectivity index (χ1) is 18.1. The summed E-state index contributed by atoms with van der Waals surface area (Å²) in [7, 11) is -3.88. The molecule has 7 nitrogen and oxygen atoms in total.